The molecule has 0 saturated carbocycles. The molecule has 6 nitrogen and oxygen atoms in total. The van der Waals surface area contributed by atoms with Gasteiger partial charge in [0, 0.05) is 50.0 Å². The van der Waals surface area contributed by atoms with Crippen molar-refractivity contribution >= 4 is 5.91 Å². The van der Waals surface area contributed by atoms with Crippen LogP contribution in [0.25, 0.3) is 0 Å². The number of carbonyl (C=O) groups excluding carboxylic acids is 1. The van der Waals surface area contributed by atoms with Crippen LogP contribution in [0.2, 0.25) is 0 Å². The van der Waals surface area contributed by atoms with Gasteiger partial charge in [0.15, 0.2) is 0 Å². The molecule has 1 atom stereocenters. The van der Waals surface area contributed by atoms with Gasteiger partial charge in [0.05, 0.1) is 6.04 Å². The Hall–Kier alpha value is -2.21. The molecule has 1 aliphatic rings. The number of likely N-dealkylation sites (N-methyl/N-ethyl adjacent to an activating group) is 1. The van der Waals surface area contributed by atoms with E-state index in [9.17, 15) is 4.79 Å². The summed E-state index contributed by atoms with van der Waals surface area (Å²) in [6.07, 6.45) is 7.90. The van der Waals surface area contributed by atoms with E-state index in [4.69, 9.17) is 0 Å². The zero-order valence-corrected chi connectivity index (χ0v) is 13.7. The number of hydrogen-bond acceptors (Lipinski definition) is 4. The van der Waals surface area contributed by atoms with Crippen LogP contribution in [0.5, 0.6) is 0 Å². The van der Waals surface area contributed by atoms with Crippen molar-refractivity contribution in [1.29, 1.82) is 0 Å². The smallest absolute Gasteiger partial charge is 0.254 e. The minimum atomic E-state index is 0.0940. The number of piperazine rings is 1. The Morgan fingerprint density at radius 1 is 1.35 bits per heavy atom. The molecular formula is C17H23N5O. The quantitative estimate of drug-likeness (QED) is 0.936. The first-order chi connectivity index (χ1) is 11.2. The maximum absolute atomic E-state index is 12.9. The van der Waals surface area contributed by atoms with E-state index in [0.717, 1.165) is 43.0 Å². The molecule has 6 heteroatoms. The fraction of sp³-hybridized carbons (Fsp3) is 0.471. The Bertz CT molecular complexity index is 655. The van der Waals surface area contributed by atoms with E-state index in [2.05, 4.69) is 33.7 Å². The van der Waals surface area contributed by atoms with Crippen LogP contribution in [-0.2, 0) is 6.42 Å². The highest BCUT2D eigenvalue weighted by Gasteiger charge is 2.32. The van der Waals surface area contributed by atoms with Gasteiger partial charge < -0.3 is 9.88 Å². The van der Waals surface area contributed by atoms with Gasteiger partial charge in [0.2, 0.25) is 0 Å². The predicted octanol–water partition coefficient (Wildman–Crippen LogP) is 1.89. The minimum absolute atomic E-state index is 0.0940. The van der Waals surface area contributed by atoms with E-state index in [1.807, 2.05) is 17.2 Å². The van der Waals surface area contributed by atoms with E-state index in [0.29, 0.717) is 6.54 Å². The number of H-pyrrole nitrogens is 1. The highest BCUT2D eigenvalue weighted by Crippen LogP contribution is 2.24. The fourth-order valence-electron chi connectivity index (χ4n) is 3.19. The Morgan fingerprint density at radius 3 is 2.91 bits per heavy atom. The van der Waals surface area contributed by atoms with Crippen molar-refractivity contribution in [3.05, 3.63) is 47.8 Å². The number of rotatable bonds is 4. The lowest BCUT2D eigenvalue weighted by atomic mass is 10.1. The molecule has 23 heavy (non-hydrogen) atoms. The lowest BCUT2D eigenvalue weighted by molar-refractivity contribution is 0.0479. The summed E-state index contributed by atoms with van der Waals surface area (Å²) < 4.78 is 0. The van der Waals surface area contributed by atoms with Crippen LogP contribution in [-0.4, -0.2) is 56.8 Å². The van der Waals surface area contributed by atoms with E-state index in [1.54, 1.807) is 18.6 Å². The van der Waals surface area contributed by atoms with Gasteiger partial charge in [-0.25, -0.2) is 4.98 Å². The minimum Gasteiger partial charge on any atom is -0.347 e. The summed E-state index contributed by atoms with van der Waals surface area (Å²) in [7, 11) is 0. The van der Waals surface area contributed by atoms with Crippen molar-refractivity contribution in [2.45, 2.75) is 26.3 Å². The number of pyridine rings is 1. The average Bonchev–Trinajstić information content (AvgIpc) is 3.15. The van der Waals surface area contributed by atoms with Gasteiger partial charge >= 0.3 is 0 Å². The molecule has 0 radical (unpaired) electrons. The molecule has 0 spiro atoms. The Morgan fingerprint density at radius 2 is 2.22 bits per heavy atom. The van der Waals surface area contributed by atoms with Crippen LogP contribution in [0.4, 0.5) is 0 Å². The molecule has 0 unspecified atom stereocenters. The largest absolute Gasteiger partial charge is 0.347 e. The molecule has 2 aromatic rings. The summed E-state index contributed by atoms with van der Waals surface area (Å²) in [6.45, 7) is 7.41. The van der Waals surface area contributed by atoms with Gasteiger partial charge in [-0.3, -0.25) is 14.7 Å². The summed E-state index contributed by atoms with van der Waals surface area (Å²) in [5.74, 6) is 1.02. The zero-order valence-electron chi connectivity index (χ0n) is 13.7. The lowest BCUT2D eigenvalue weighted by Gasteiger charge is -2.40. The third-order valence-corrected chi connectivity index (χ3v) is 4.53. The number of carbonyl (C=O) groups is 1. The van der Waals surface area contributed by atoms with Crippen molar-refractivity contribution in [3.63, 3.8) is 0 Å². The Kier molecular flexibility index (Phi) is 4.71. The fourth-order valence-corrected chi connectivity index (χ4v) is 3.19. The molecule has 1 saturated heterocycles. The molecule has 3 heterocycles. The molecule has 3 rings (SSSR count). The predicted molar refractivity (Wildman–Crippen MR) is 88.1 cm³/mol. The van der Waals surface area contributed by atoms with Crippen LogP contribution >= 0.6 is 0 Å². The summed E-state index contributed by atoms with van der Waals surface area (Å²) in [5.41, 5.74) is 1.77. The first-order valence-corrected chi connectivity index (χ1v) is 8.20. The van der Waals surface area contributed by atoms with Crippen molar-refractivity contribution in [2.24, 2.45) is 0 Å². The molecule has 1 aliphatic heterocycles. The lowest BCUT2D eigenvalue weighted by Crippen LogP contribution is -2.50. The topological polar surface area (TPSA) is 65.1 Å². The normalized spacial score (nSPS) is 19.0. The molecule has 1 amide bonds. The van der Waals surface area contributed by atoms with E-state index in [-0.39, 0.29) is 11.9 Å². The van der Waals surface area contributed by atoms with Crippen molar-refractivity contribution in [3.8, 4) is 0 Å². The molecule has 0 aliphatic carbocycles. The molecule has 0 bridgehead atoms. The van der Waals surface area contributed by atoms with E-state index in [1.165, 1.54) is 0 Å². The molecule has 2 aromatic heterocycles. The summed E-state index contributed by atoms with van der Waals surface area (Å²) in [6, 6.07) is 1.95. The van der Waals surface area contributed by atoms with Gasteiger partial charge in [-0.1, -0.05) is 13.8 Å². The molecular weight excluding hydrogens is 290 g/mol. The van der Waals surface area contributed by atoms with Crippen molar-refractivity contribution in [2.75, 3.05) is 26.2 Å². The van der Waals surface area contributed by atoms with Crippen LogP contribution < -0.4 is 0 Å². The Balaban J connectivity index is 1.82. The maximum atomic E-state index is 12.9. The van der Waals surface area contributed by atoms with Crippen LogP contribution in [0.15, 0.2) is 30.9 Å². The SMILES string of the molecule is CCc1cnccc1C(=O)N1CCN(CC)[C@H](c2ncc[nH]2)C1. The van der Waals surface area contributed by atoms with Gasteiger partial charge in [-0.2, -0.15) is 0 Å². The number of hydrogen-bond donors (Lipinski definition) is 1. The highest BCUT2D eigenvalue weighted by atomic mass is 16.2. The second-order valence-corrected chi connectivity index (χ2v) is 5.76. The van der Waals surface area contributed by atoms with Crippen LogP contribution in [0.3, 0.4) is 0 Å². The van der Waals surface area contributed by atoms with Crippen molar-refractivity contribution < 1.29 is 4.79 Å². The number of nitrogens with zero attached hydrogens (tertiary/aromatic N) is 4. The standard InChI is InChI=1S/C17H23N5O/c1-3-13-11-18-6-5-14(13)17(23)22-10-9-21(4-2)15(12-22)16-19-7-8-20-16/h5-8,11,15H,3-4,9-10,12H2,1-2H3,(H,19,20)/t15-/m0/s1. The van der Waals surface area contributed by atoms with E-state index >= 15 is 0 Å². The third kappa shape index (κ3) is 3.12. The summed E-state index contributed by atoms with van der Waals surface area (Å²) >= 11 is 0. The summed E-state index contributed by atoms with van der Waals surface area (Å²) in [5, 5.41) is 0. The van der Waals surface area contributed by atoms with Crippen LogP contribution in [0, 0.1) is 0 Å². The second-order valence-electron chi connectivity index (χ2n) is 5.76. The average molecular weight is 313 g/mol. The van der Waals surface area contributed by atoms with E-state index < -0.39 is 0 Å². The monoisotopic (exact) mass is 313 g/mol. The van der Waals surface area contributed by atoms with Gasteiger partial charge in [-0.15, -0.1) is 0 Å². The zero-order chi connectivity index (χ0) is 16.2. The molecule has 1 N–H and O–H groups in total. The Labute approximate surface area is 136 Å². The van der Waals surface area contributed by atoms with Gasteiger partial charge in [0.25, 0.3) is 5.91 Å². The number of aromatic nitrogens is 3. The van der Waals surface area contributed by atoms with Crippen LogP contribution in [0.1, 0.15) is 41.6 Å². The number of aromatic amines is 1. The first-order valence-electron chi connectivity index (χ1n) is 8.20. The number of amides is 1. The molecule has 0 aromatic carbocycles. The maximum Gasteiger partial charge on any atom is 0.254 e. The first kappa shape index (κ1) is 15.7. The van der Waals surface area contributed by atoms with Gasteiger partial charge in [0.1, 0.15) is 5.82 Å². The van der Waals surface area contributed by atoms with Crippen molar-refractivity contribution in [1.82, 2.24) is 24.8 Å². The summed E-state index contributed by atoms with van der Waals surface area (Å²) in [4.78, 5) is 29.0. The number of imidazole rings is 1. The molecule has 1 fully saturated rings. The number of aryl methyl sites for hydroxylation is 1. The highest BCUT2D eigenvalue weighted by molar-refractivity contribution is 5.95. The third-order valence-electron chi connectivity index (χ3n) is 4.53. The van der Waals surface area contributed by atoms with Gasteiger partial charge in [-0.05, 0) is 24.6 Å². The second kappa shape index (κ2) is 6.91. The number of nitrogens with one attached hydrogen (secondary N) is 1. The molecule has 122 valence electrons.